The van der Waals surface area contributed by atoms with Gasteiger partial charge in [0.05, 0.1) is 38.9 Å². The van der Waals surface area contributed by atoms with Crippen LogP contribution in [0.2, 0.25) is 0 Å². The van der Waals surface area contributed by atoms with Gasteiger partial charge in [-0.2, -0.15) is 0 Å². The molecule has 10 heteroatoms. The third-order valence-corrected chi connectivity index (χ3v) is 6.09. The van der Waals surface area contributed by atoms with Gasteiger partial charge in [0.1, 0.15) is 11.4 Å². The van der Waals surface area contributed by atoms with Crippen LogP contribution in [0, 0.1) is 0 Å². The van der Waals surface area contributed by atoms with Gasteiger partial charge < -0.3 is 25.0 Å². The van der Waals surface area contributed by atoms with Crippen LogP contribution >= 0.6 is 59.7 Å². The molecule has 2 heterocycles. The van der Waals surface area contributed by atoms with Crippen molar-refractivity contribution in [3.63, 3.8) is 0 Å². The number of halogens is 2. The second-order valence-corrected chi connectivity index (χ2v) is 8.96. The predicted molar refractivity (Wildman–Crippen MR) is 133 cm³/mol. The van der Waals surface area contributed by atoms with E-state index in [0.717, 1.165) is 37.0 Å². The molecule has 7 nitrogen and oxygen atoms in total. The standard InChI is InChI=1S/C18H30N4O3S.2HI/c1-20(2)9-5-6-10-22(3,4)11-7-8-13-12-26-17-14(19)16(23)21(17)15(13)18(24)25;;/h7-8,14,17H,5-6,9-12,19H2,1-4H3;2*1H/t14-,17-;;/m1../s1. The predicted octanol–water partition coefficient (Wildman–Crippen LogP) is 0.443. The van der Waals surface area contributed by atoms with Gasteiger partial charge in [-0.25, -0.2) is 0 Å². The Morgan fingerprint density at radius 1 is 1.36 bits per heavy atom. The highest BCUT2D eigenvalue weighted by Crippen LogP contribution is 2.39. The van der Waals surface area contributed by atoms with Crippen molar-refractivity contribution >= 4 is 71.6 Å². The molecule has 2 rings (SSSR count). The molecule has 0 spiro atoms. The maximum absolute atomic E-state index is 11.9. The summed E-state index contributed by atoms with van der Waals surface area (Å²) in [5, 5.41) is 11.3. The lowest BCUT2D eigenvalue weighted by Crippen LogP contribution is -2.69. The number of hydrogen-bond acceptors (Lipinski definition) is 6. The van der Waals surface area contributed by atoms with Crippen LogP contribution in [0.3, 0.4) is 0 Å². The smallest absolute Gasteiger partial charge is 0.248 e. The molecule has 2 N–H and O–H groups in total. The molecule has 28 heavy (non-hydrogen) atoms. The molecule has 1 saturated heterocycles. The number of amides is 1. The van der Waals surface area contributed by atoms with E-state index in [1.807, 2.05) is 12.2 Å². The third kappa shape index (κ3) is 7.11. The quantitative estimate of drug-likeness (QED) is 0.171. The number of β-lactam (4-membered cyclic amide) rings is 1. The van der Waals surface area contributed by atoms with Gasteiger partial charge in [0, 0.05) is 5.75 Å². The Kier molecular flexibility index (Phi) is 12.1. The van der Waals surface area contributed by atoms with Gasteiger partial charge in [0.2, 0.25) is 5.91 Å². The lowest BCUT2D eigenvalue weighted by atomic mass is 10.0. The highest BCUT2D eigenvalue weighted by atomic mass is 127. The van der Waals surface area contributed by atoms with Gasteiger partial charge in [-0.3, -0.25) is 9.69 Å². The zero-order chi connectivity index (χ0) is 19.5. The monoisotopic (exact) mass is 638 g/mol. The highest BCUT2D eigenvalue weighted by molar-refractivity contribution is 14.0. The van der Waals surface area contributed by atoms with E-state index >= 15 is 0 Å². The first kappa shape index (κ1) is 28.1. The van der Waals surface area contributed by atoms with E-state index in [-0.39, 0.29) is 64.9 Å². The minimum Gasteiger partial charge on any atom is -0.543 e. The van der Waals surface area contributed by atoms with Crippen molar-refractivity contribution < 1.29 is 19.2 Å². The Morgan fingerprint density at radius 2 is 2.00 bits per heavy atom. The first-order valence-electron chi connectivity index (χ1n) is 8.92. The fourth-order valence-electron chi connectivity index (χ4n) is 3.20. The Morgan fingerprint density at radius 3 is 2.57 bits per heavy atom. The number of nitrogens with zero attached hydrogens (tertiary/aromatic N) is 3. The molecule has 0 aromatic heterocycles. The summed E-state index contributed by atoms with van der Waals surface area (Å²) in [7, 11) is 8.48. The number of allylic oxidation sites excluding steroid dienone is 1. The van der Waals surface area contributed by atoms with Crippen LogP contribution in [-0.2, 0) is 9.59 Å². The van der Waals surface area contributed by atoms with Gasteiger partial charge in [0.15, 0.2) is 0 Å². The van der Waals surface area contributed by atoms with Crippen LogP contribution in [0.25, 0.3) is 0 Å². The zero-order valence-electron chi connectivity index (χ0n) is 16.9. The number of carboxylic acid groups (broad SMARTS) is 1. The van der Waals surface area contributed by atoms with E-state index in [1.165, 1.54) is 16.7 Å². The highest BCUT2D eigenvalue weighted by Gasteiger charge is 2.49. The van der Waals surface area contributed by atoms with Crippen molar-refractivity contribution in [2.24, 2.45) is 5.73 Å². The van der Waals surface area contributed by atoms with Crippen LogP contribution in [0.15, 0.2) is 23.4 Å². The summed E-state index contributed by atoms with van der Waals surface area (Å²) < 4.78 is 0.834. The molecule has 0 unspecified atom stereocenters. The van der Waals surface area contributed by atoms with Gasteiger partial charge in [-0.1, -0.05) is 6.08 Å². The van der Waals surface area contributed by atoms with Crippen molar-refractivity contribution in [3.05, 3.63) is 23.4 Å². The number of hydrogen-bond donors (Lipinski definition) is 1. The molecule has 1 amide bonds. The van der Waals surface area contributed by atoms with Gasteiger partial charge >= 0.3 is 0 Å². The summed E-state index contributed by atoms with van der Waals surface area (Å²) in [4.78, 5) is 26.9. The number of quaternary nitrogens is 1. The fraction of sp³-hybridized carbons (Fsp3) is 0.667. The summed E-state index contributed by atoms with van der Waals surface area (Å²) in [6.45, 7) is 2.94. The summed E-state index contributed by atoms with van der Waals surface area (Å²) in [5.41, 5.74) is 6.35. The van der Waals surface area contributed by atoms with Crippen molar-refractivity contribution in [2.75, 3.05) is 53.6 Å². The van der Waals surface area contributed by atoms with E-state index < -0.39 is 12.0 Å². The number of nitrogens with two attached hydrogens (primary N) is 1. The Balaban J connectivity index is 0.00000364. The molecule has 0 radical (unpaired) electrons. The van der Waals surface area contributed by atoms with Gasteiger partial charge in [-0.15, -0.1) is 59.7 Å². The number of carbonyl (C=O) groups is 2. The summed E-state index contributed by atoms with van der Waals surface area (Å²) in [6, 6.07) is -0.613. The molecule has 0 aliphatic carbocycles. The number of carboxylic acids is 1. The second-order valence-electron chi connectivity index (χ2n) is 7.85. The second kappa shape index (κ2) is 12.1. The fourth-order valence-corrected chi connectivity index (χ4v) is 4.46. The van der Waals surface area contributed by atoms with Crippen molar-refractivity contribution in [3.8, 4) is 0 Å². The Labute approximate surface area is 206 Å². The number of unbranched alkanes of at least 4 members (excludes halogenated alkanes) is 1. The van der Waals surface area contributed by atoms with Gasteiger partial charge in [-0.05, 0) is 45.1 Å². The number of likely N-dealkylation sites (N-methyl/N-ethyl adjacent to an activating group) is 1. The lowest BCUT2D eigenvalue weighted by molar-refractivity contribution is -0.884. The number of rotatable bonds is 9. The third-order valence-electron chi connectivity index (χ3n) is 4.77. The number of aliphatic carboxylic acids is 1. The topological polar surface area (TPSA) is 89.7 Å². The van der Waals surface area contributed by atoms with Crippen LogP contribution in [0.1, 0.15) is 12.8 Å². The molecule has 2 aliphatic heterocycles. The summed E-state index contributed by atoms with van der Waals surface area (Å²) >= 11 is 1.50. The maximum Gasteiger partial charge on any atom is 0.248 e. The molecule has 2 aliphatic rings. The van der Waals surface area contributed by atoms with E-state index in [4.69, 9.17) is 5.73 Å². The van der Waals surface area contributed by atoms with Crippen LogP contribution in [-0.4, -0.2) is 91.2 Å². The number of thioether (sulfide) groups is 1. The minimum absolute atomic E-state index is 0. The Hall–Kier alpha value is 0.110. The molecule has 0 aromatic carbocycles. The number of fused-ring (bicyclic) bond motifs is 1. The maximum atomic E-state index is 11.9. The summed E-state index contributed by atoms with van der Waals surface area (Å²) in [5.74, 6) is -1.13. The molecule has 0 aromatic rings. The van der Waals surface area contributed by atoms with Crippen LogP contribution in [0.5, 0.6) is 0 Å². The summed E-state index contributed by atoms with van der Waals surface area (Å²) in [6.07, 6.45) is 6.12. The van der Waals surface area contributed by atoms with E-state index in [0.29, 0.717) is 11.3 Å². The number of carbonyl (C=O) groups excluding carboxylic acids is 2. The Bertz CT molecular complexity index is 626. The molecular formula is C18H32I2N4O3S. The average Bonchev–Trinajstić information content (AvgIpc) is 2.57. The normalized spacial score (nSPS) is 21.9. The largest absolute Gasteiger partial charge is 0.543 e. The molecular weight excluding hydrogens is 606 g/mol. The minimum atomic E-state index is -1.31. The van der Waals surface area contributed by atoms with Crippen molar-refractivity contribution in [1.29, 1.82) is 0 Å². The first-order valence-corrected chi connectivity index (χ1v) is 9.97. The molecule has 162 valence electrons. The van der Waals surface area contributed by atoms with Crippen molar-refractivity contribution in [1.82, 2.24) is 9.80 Å². The van der Waals surface area contributed by atoms with E-state index in [9.17, 15) is 14.7 Å². The molecule has 2 atom stereocenters. The molecule has 0 bridgehead atoms. The average molecular weight is 638 g/mol. The van der Waals surface area contributed by atoms with E-state index in [1.54, 1.807) is 0 Å². The van der Waals surface area contributed by atoms with Crippen molar-refractivity contribution in [2.45, 2.75) is 24.3 Å². The first-order chi connectivity index (χ1) is 12.1. The van der Waals surface area contributed by atoms with Gasteiger partial charge in [0.25, 0.3) is 0 Å². The molecule has 1 fully saturated rings. The zero-order valence-corrected chi connectivity index (χ0v) is 22.4. The van der Waals surface area contributed by atoms with E-state index in [2.05, 4.69) is 33.1 Å². The SMILES string of the molecule is CN(C)CCCC[N+](C)(C)CC=CC1=C(C(=O)[O-])N2C(=O)[C@@H](N)[C@H]2SC1.I.I. The van der Waals surface area contributed by atoms with Crippen LogP contribution in [0.4, 0.5) is 0 Å². The molecule has 0 saturated carbocycles. The van der Waals surface area contributed by atoms with Crippen LogP contribution < -0.4 is 10.8 Å². The lowest BCUT2D eigenvalue weighted by Gasteiger charge is -2.49.